The summed E-state index contributed by atoms with van der Waals surface area (Å²) in [6.45, 7) is 11.7. The van der Waals surface area contributed by atoms with Crippen molar-refractivity contribution in [2.45, 2.75) is 50.4 Å². The second kappa shape index (κ2) is 20.4. The monoisotopic (exact) mass is 854 g/mol. The Morgan fingerprint density at radius 2 is 1.08 bits per heavy atom. The average molecular weight is 855 g/mol. The zero-order valence-electron chi connectivity index (χ0n) is 34.7. The molecule has 0 radical (unpaired) electrons. The molecule has 6 heterocycles. The van der Waals surface area contributed by atoms with Crippen molar-refractivity contribution < 1.29 is 28.7 Å². The van der Waals surface area contributed by atoms with E-state index in [1.165, 1.54) is 6.08 Å². The fourth-order valence-electron chi connectivity index (χ4n) is 8.76. The number of hydrogen-bond acceptors (Lipinski definition) is 11. The fourth-order valence-corrected chi connectivity index (χ4v) is 8.76. The van der Waals surface area contributed by atoms with Crippen molar-refractivity contribution in [2.24, 2.45) is 23.3 Å². The standard InChI is InChI=1S/C22H27N5O3.C19H25N5O2.C3H3ClO/c1-3-18(28)26-12-9-14(10-13-26)17-8-11-24-27-20(21(23)29)19(25-22(17)27)15-4-6-16(30-2)7-5-15;1-26-14-4-2-13(3-5-14)16-17(18(20)25)24-19(23-16)15(8-11-22-24)12-6-9-21-10-7-12;1-2-3(4)5/h3-7,14,17,24H,1,8-13H2,2H3,(H2,23,29);2-5,12,15,21-22H,6-11H2,1H3,(H2,20,25);2H,1H2. The van der Waals surface area contributed by atoms with E-state index < -0.39 is 17.1 Å². The van der Waals surface area contributed by atoms with Crippen molar-refractivity contribution in [3.8, 4) is 34.0 Å². The van der Waals surface area contributed by atoms with Crippen LogP contribution in [0.2, 0.25) is 0 Å². The maximum absolute atomic E-state index is 12.3. The fraction of sp³-hybridized carbons (Fsp3) is 0.409. The topological polar surface area (TPSA) is 214 Å². The van der Waals surface area contributed by atoms with E-state index >= 15 is 0 Å². The number of amides is 3. The molecule has 8 rings (SSSR count). The second-order valence-corrected chi connectivity index (χ2v) is 15.6. The molecule has 4 aliphatic rings. The van der Waals surface area contributed by atoms with Gasteiger partial charge in [0.05, 0.1) is 14.2 Å². The van der Waals surface area contributed by atoms with Gasteiger partial charge in [0, 0.05) is 49.1 Å². The van der Waals surface area contributed by atoms with Crippen molar-refractivity contribution in [1.82, 2.24) is 29.5 Å². The number of fused-ring (bicyclic) bond motifs is 2. The lowest BCUT2D eigenvalue weighted by Gasteiger charge is -2.37. The average Bonchev–Trinajstić information content (AvgIpc) is 3.90. The molecule has 17 heteroatoms. The number of imidazole rings is 2. The lowest BCUT2D eigenvalue weighted by Crippen LogP contribution is -2.41. The summed E-state index contributed by atoms with van der Waals surface area (Å²) in [4.78, 5) is 57.5. The minimum absolute atomic E-state index is 0.0157. The molecular weight excluding hydrogens is 800 g/mol. The lowest BCUT2D eigenvalue weighted by atomic mass is 9.81. The predicted octanol–water partition coefficient (Wildman–Crippen LogP) is 4.74. The summed E-state index contributed by atoms with van der Waals surface area (Å²) in [7, 11) is 3.24. The Bertz CT molecular complexity index is 2210. The number of allylic oxidation sites excluding steroid dienone is 1. The molecule has 16 nitrogen and oxygen atoms in total. The van der Waals surface area contributed by atoms with Crippen molar-refractivity contribution >= 4 is 34.6 Å². The number of likely N-dealkylation sites (tertiary alicyclic amines) is 1. The molecule has 61 heavy (non-hydrogen) atoms. The zero-order valence-corrected chi connectivity index (χ0v) is 35.5. The second-order valence-electron chi connectivity index (χ2n) is 15.3. The van der Waals surface area contributed by atoms with Gasteiger partial charge in [0.15, 0.2) is 11.4 Å². The molecule has 4 aliphatic heterocycles. The van der Waals surface area contributed by atoms with Crippen LogP contribution in [0.4, 0.5) is 0 Å². The van der Waals surface area contributed by atoms with E-state index in [9.17, 15) is 19.2 Å². The maximum atomic E-state index is 12.3. The van der Waals surface area contributed by atoms with Gasteiger partial charge in [0.1, 0.15) is 34.5 Å². The molecule has 2 aromatic heterocycles. The number of halogens is 1. The molecule has 2 saturated heterocycles. The van der Waals surface area contributed by atoms with E-state index in [1.807, 2.05) is 58.1 Å². The highest BCUT2D eigenvalue weighted by Gasteiger charge is 2.37. The Labute approximate surface area is 360 Å². The van der Waals surface area contributed by atoms with E-state index in [1.54, 1.807) is 18.9 Å². The predicted molar refractivity (Wildman–Crippen MR) is 235 cm³/mol. The lowest BCUT2D eigenvalue weighted by molar-refractivity contribution is -0.127. The van der Waals surface area contributed by atoms with Gasteiger partial charge in [-0.2, -0.15) is 0 Å². The highest BCUT2D eigenvalue weighted by molar-refractivity contribution is 6.66. The molecular formula is C44H55ClN10O6. The van der Waals surface area contributed by atoms with Crippen LogP contribution in [0.25, 0.3) is 22.5 Å². The number of piperidine rings is 2. The first-order chi connectivity index (χ1) is 29.5. The van der Waals surface area contributed by atoms with Gasteiger partial charge in [-0.1, -0.05) is 13.2 Å². The molecule has 2 fully saturated rings. The van der Waals surface area contributed by atoms with Gasteiger partial charge in [-0.3, -0.25) is 19.2 Å². The van der Waals surface area contributed by atoms with Crippen LogP contribution in [0.1, 0.15) is 83.0 Å². The maximum Gasteiger partial charge on any atom is 0.269 e. The summed E-state index contributed by atoms with van der Waals surface area (Å²) in [6.07, 6.45) is 8.46. The molecule has 0 aliphatic carbocycles. The number of carbonyl (C=O) groups is 4. The van der Waals surface area contributed by atoms with Crippen LogP contribution >= 0.6 is 11.6 Å². The van der Waals surface area contributed by atoms with Crippen LogP contribution in [0, 0.1) is 11.8 Å². The molecule has 2 aromatic carbocycles. The van der Waals surface area contributed by atoms with Gasteiger partial charge in [-0.15, -0.1) is 0 Å². The van der Waals surface area contributed by atoms with Crippen molar-refractivity contribution in [3.05, 3.63) is 96.9 Å². The number of aromatic nitrogens is 4. The summed E-state index contributed by atoms with van der Waals surface area (Å²) in [5.74, 6) is 3.82. The largest absolute Gasteiger partial charge is 0.497 e. The minimum atomic E-state index is -0.515. The minimum Gasteiger partial charge on any atom is -0.497 e. The molecule has 4 aromatic rings. The Morgan fingerprint density at radius 1 is 0.672 bits per heavy atom. The van der Waals surface area contributed by atoms with Crippen molar-refractivity contribution in [2.75, 3.05) is 64.3 Å². The van der Waals surface area contributed by atoms with Crippen LogP contribution in [0.5, 0.6) is 11.5 Å². The molecule has 324 valence electrons. The number of nitrogens with zero attached hydrogens (tertiary/aromatic N) is 5. The van der Waals surface area contributed by atoms with Gasteiger partial charge in [0.2, 0.25) is 11.1 Å². The first-order valence-electron chi connectivity index (χ1n) is 20.5. The van der Waals surface area contributed by atoms with Crippen LogP contribution in [0.15, 0.2) is 73.8 Å². The van der Waals surface area contributed by atoms with Gasteiger partial charge < -0.3 is 42.0 Å². The van der Waals surface area contributed by atoms with E-state index in [4.69, 9.17) is 42.5 Å². The van der Waals surface area contributed by atoms with E-state index in [-0.39, 0.29) is 11.8 Å². The summed E-state index contributed by atoms with van der Waals surface area (Å²) >= 11 is 4.71. The smallest absolute Gasteiger partial charge is 0.269 e. The van der Waals surface area contributed by atoms with Gasteiger partial charge in [-0.25, -0.2) is 19.3 Å². The molecule has 0 saturated carbocycles. The molecule has 0 bridgehead atoms. The molecule has 7 N–H and O–H groups in total. The number of carbonyl (C=O) groups excluding carboxylic acids is 4. The SMILES string of the molecule is C=CC(=O)Cl.C=CC(=O)N1CCC(C2CCNn3c2nc(-c2ccc(OC)cc2)c3C(N)=O)CC1.COc1ccc(-c2nc3n(c2C(N)=O)NCCC3C2CCNCC2)cc1. The van der Waals surface area contributed by atoms with Crippen molar-refractivity contribution in [1.29, 1.82) is 0 Å². The summed E-state index contributed by atoms with van der Waals surface area (Å²) in [5.41, 5.74) is 21.8. The summed E-state index contributed by atoms with van der Waals surface area (Å²) in [6, 6.07) is 15.0. The molecule has 2 atom stereocenters. The van der Waals surface area contributed by atoms with Crippen LogP contribution in [0.3, 0.4) is 0 Å². The van der Waals surface area contributed by atoms with Gasteiger partial charge >= 0.3 is 0 Å². The molecule has 2 unspecified atom stereocenters. The number of benzene rings is 2. The van der Waals surface area contributed by atoms with Gasteiger partial charge in [-0.05, 0) is 136 Å². The third-order valence-corrected chi connectivity index (χ3v) is 12.0. The molecule has 0 spiro atoms. The normalized spacial score (nSPS) is 18.5. The van der Waals surface area contributed by atoms with Gasteiger partial charge in [0.25, 0.3) is 11.8 Å². The van der Waals surface area contributed by atoms with E-state index in [2.05, 4.69) is 29.3 Å². The highest BCUT2D eigenvalue weighted by atomic mass is 35.5. The van der Waals surface area contributed by atoms with Crippen molar-refractivity contribution in [3.63, 3.8) is 0 Å². The Kier molecular flexibility index (Phi) is 14.9. The Hall–Kier alpha value is -6.13. The number of nitrogens with two attached hydrogens (primary N) is 2. The number of nitrogens with one attached hydrogen (secondary N) is 3. The van der Waals surface area contributed by atoms with E-state index in [0.29, 0.717) is 53.6 Å². The quantitative estimate of drug-likeness (QED) is 0.109. The number of primary amides is 2. The third kappa shape index (κ3) is 10.1. The van der Waals surface area contributed by atoms with Crippen LogP contribution in [-0.4, -0.2) is 101 Å². The first kappa shape index (κ1) is 44.4. The highest BCUT2D eigenvalue weighted by Crippen LogP contribution is 2.40. The Balaban J connectivity index is 0.000000185. The number of rotatable bonds is 10. The van der Waals surface area contributed by atoms with Crippen LogP contribution in [-0.2, 0) is 9.59 Å². The summed E-state index contributed by atoms with van der Waals surface area (Å²) in [5, 5.41) is 2.91. The molecule has 3 amide bonds. The number of hydrogen-bond donors (Lipinski definition) is 5. The number of ether oxygens (including phenoxy) is 2. The zero-order chi connectivity index (χ0) is 43.6. The Morgan fingerprint density at radius 3 is 1.44 bits per heavy atom. The van der Waals surface area contributed by atoms with Crippen LogP contribution < -0.4 is 37.1 Å². The summed E-state index contributed by atoms with van der Waals surface area (Å²) < 4.78 is 14.1. The first-order valence-corrected chi connectivity index (χ1v) is 20.9. The number of methoxy groups -OCH3 is 2. The van der Waals surface area contributed by atoms with E-state index in [0.717, 1.165) is 105 Å². The third-order valence-electron chi connectivity index (χ3n) is 11.8.